The van der Waals surface area contributed by atoms with Crippen LogP contribution in [0.5, 0.6) is 0 Å². The number of carbonyl (C=O) groups is 1. The maximum atomic E-state index is 10.8. The molecule has 1 aromatic rings. The lowest BCUT2D eigenvalue weighted by Crippen LogP contribution is -2.16. The number of nitrogens with one attached hydrogen (secondary N) is 1. The number of amides is 1. The van der Waals surface area contributed by atoms with Crippen molar-refractivity contribution < 1.29 is 4.79 Å². The van der Waals surface area contributed by atoms with E-state index >= 15 is 0 Å². The Morgan fingerprint density at radius 3 is 2.87 bits per heavy atom. The van der Waals surface area contributed by atoms with Gasteiger partial charge in [-0.15, -0.1) is 0 Å². The Morgan fingerprint density at radius 2 is 2.20 bits per heavy atom. The molecule has 0 fully saturated rings. The van der Waals surface area contributed by atoms with Crippen LogP contribution in [0.3, 0.4) is 0 Å². The van der Waals surface area contributed by atoms with Crippen molar-refractivity contribution in [3.63, 3.8) is 0 Å². The van der Waals surface area contributed by atoms with Crippen molar-refractivity contribution in [3.05, 3.63) is 35.9 Å². The SMILES string of the molecule is N#CCC(=O)N/N=C/Cc1ccccc1. The van der Waals surface area contributed by atoms with Crippen LogP contribution in [0.2, 0.25) is 0 Å². The smallest absolute Gasteiger partial charge is 0.254 e. The highest BCUT2D eigenvalue weighted by atomic mass is 16.2. The predicted octanol–water partition coefficient (Wildman–Crippen LogP) is 1.24. The van der Waals surface area contributed by atoms with Crippen LogP contribution in [-0.2, 0) is 11.2 Å². The second-order valence-electron chi connectivity index (χ2n) is 2.87. The van der Waals surface area contributed by atoms with Gasteiger partial charge in [-0.3, -0.25) is 4.79 Å². The van der Waals surface area contributed by atoms with Gasteiger partial charge in [0.2, 0.25) is 0 Å². The van der Waals surface area contributed by atoms with Crippen LogP contribution < -0.4 is 5.43 Å². The lowest BCUT2D eigenvalue weighted by Gasteiger charge is -1.94. The summed E-state index contributed by atoms with van der Waals surface area (Å²) in [4.78, 5) is 10.8. The van der Waals surface area contributed by atoms with Gasteiger partial charge >= 0.3 is 0 Å². The van der Waals surface area contributed by atoms with Gasteiger partial charge in [0, 0.05) is 12.6 Å². The van der Waals surface area contributed by atoms with Crippen LogP contribution in [0, 0.1) is 11.3 Å². The molecule has 0 spiro atoms. The van der Waals surface area contributed by atoms with Gasteiger partial charge in [0.25, 0.3) is 5.91 Å². The van der Waals surface area contributed by atoms with Crippen molar-refractivity contribution in [2.24, 2.45) is 5.10 Å². The Labute approximate surface area is 88.2 Å². The number of nitrogens with zero attached hydrogens (tertiary/aromatic N) is 2. The molecule has 1 rings (SSSR count). The highest BCUT2D eigenvalue weighted by molar-refractivity contribution is 5.78. The highest BCUT2D eigenvalue weighted by Crippen LogP contribution is 1.96. The van der Waals surface area contributed by atoms with E-state index in [1.807, 2.05) is 30.3 Å². The van der Waals surface area contributed by atoms with E-state index in [0.717, 1.165) is 5.56 Å². The normalized spacial score (nSPS) is 9.80. The van der Waals surface area contributed by atoms with Crippen LogP contribution in [-0.4, -0.2) is 12.1 Å². The molecule has 0 saturated heterocycles. The fourth-order valence-corrected chi connectivity index (χ4v) is 0.994. The molecule has 0 radical (unpaired) electrons. The summed E-state index contributed by atoms with van der Waals surface area (Å²) < 4.78 is 0. The molecule has 0 aliphatic rings. The largest absolute Gasteiger partial charge is 0.272 e. The quantitative estimate of drug-likeness (QED) is 0.588. The molecule has 76 valence electrons. The molecule has 4 nitrogen and oxygen atoms in total. The second-order valence-corrected chi connectivity index (χ2v) is 2.87. The summed E-state index contributed by atoms with van der Waals surface area (Å²) in [6, 6.07) is 11.5. The molecule has 0 aromatic heterocycles. The van der Waals surface area contributed by atoms with Crippen molar-refractivity contribution in [1.82, 2.24) is 5.43 Å². The Bertz CT molecular complexity index is 379. The Hall–Kier alpha value is -2.15. The summed E-state index contributed by atoms with van der Waals surface area (Å²) in [7, 11) is 0. The van der Waals surface area contributed by atoms with Crippen LogP contribution in [0.4, 0.5) is 0 Å². The fraction of sp³-hybridized carbons (Fsp3) is 0.182. The zero-order valence-electron chi connectivity index (χ0n) is 8.18. The molecule has 0 atom stereocenters. The molecule has 0 aliphatic heterocycles. The number of nitriles is 1. The monoisotopic (exact) mass is 201 g/mol. The summed E-state index contributed by atoms with van der Waals surface area (Å²) in [5, 5.41) is 11.9. The molecule has 4 heteroatoms. The maximum Gasteiger partial charge on any atom is 0.254 e. The minimum atomic E-state index is -0.387. The van der Waals surface area contributed by atoms with E-state index in [2.05, 4.69) is 10.5 Å². The lowest BCUT2D eigenvalue weighted by atomic mass is 10.2. The maximum absolute atomic E-state index is 10.8. The molecular formula is C11H11N3O. The molecular weight excluding hydrogens is 190 g/mol. The summed E-state index contributed by atoms with van der Waals surface area (Å²) >= 11 is 0. The van der Waals surface area contributed by atoms with E-state index < -0.39 is 0 Å². The van der Waals surface area contributed by atoms with Gasteiger partial charge in [-0.1, -0.05) is 30.3 Å². The third-order valence-electron chi connectivity index (χ3n) is 1.69. The van der Waals surface area contributed by atoms with E-state index in [1.54, 1.807) is 12.3 Å². The van der Waals surface area contributed by atoms with Crippen LogP contribution in [0.1, 0.15) is 12.0 Å². The molecule has 0 aliphatic carbocycles. The van der Waals surface area contributed by atoms with Gasteiger partial charge in [-0.25, -0.2) is 5.43 Å². The predicted molar refractivity (Wildman–Crippen MR) is 57.0 cm³/mol. The fourth-order valence-electron chi connectivity index (χ4n) is 0.994. The van der Waals surface area contributed by atoms with Gasteiger partial charge in [0.1, 0.15) is 6.42 Å². The number of hydrogen-bond acceptors (Lipinski definition) is 3. The zero-order chi connectivity index (χ0) is 10.9. The van der Waals surface area contributed by atoms with E-state index in [4.69, 9.17) is 5.26 Å². The number of hydrazone groups is 1. The molecule has 0 unspecified atom stereocenters. The Balaban J connectivity index is 2.29. The van der Waals surface area contributed by atoms with E-state index in [9.17, 15) is 4.79 Å². The van der Waals surface area contributed by atoms with Gasteiger partial charge in [-0.05, 0) is 5.56 Å². The van der Waals surface area contributed by atoms with Gasteiger partial charge in [0.05, 0.1) is 6.07 Å². The van der Waals surface area contributed by atoms with E-state index in [-0.39, 0.29) is 12.3 Å². The minimum Gasteiger partial charge on any atom is -0.272 e. The lowest BCUT2D eigenvalue weighted by molar-refractivity contribution is -0.120. The second kappa shape index (κ2) is 6.33. The van der Waals surface area contributed by atoms with Crippen molar-refractivity contribution in [2.75, 3.05) is 0 Å². The first-order valence-electron chi connectivity index (χ1n) is 4.54. The summed E-state index contributed by atoms with van der Waals surface area (Å²) in [6.45, 7) is 0. The van der Waals surface area contributed by atoms with Crippen molar-refractivity contribution in [2.45, 2.75) is 12.8 Å². The minimum absolute atomic E-state index is 0.164. The first-order chi connectivity index (χ1) is 7.33. The average molecular weight is 201 g/mol. The molecule has 0 bridgehead atoms. The third-order valence-corrected chi connectivity index (χ3v) is 1.69. The van der Waals surface area contributed by atoms with E-state index in [1.165, 1.54) is 0 Å². The van der Waals surface area contributed by atoms with Gasteiger partial charge in [0.15, 0.2) is 0 Å². The molecule has 1 N–H and O–H groups in total. The summed E-state index contributed by atoms with van der Waals surface area (Å²) in [5.41, 5.74) is 3.38. The standard InChI is InChI=1S/C11H11N3O/c12-8-6-11(15)14-13-9-7-10-4-2-1-3-5-10/h1-5,9H,6-7H2,(H,14,15)/b13-9+. The van der Waals surface area contributed by atoms with Crippen molar-refractivity contribution >= 4 is 12.1 Å². The molecule has 0 saturated carbocycles. The first kappa shape index (κ1) is 10.9. The van der Waals surface area contributed by atoms with E-state index in [0.29, 0.717) is 6.42 Å². The van der Waals surface area contributed by atoms with Crippen LogP contribution in [0.15, 0.2) is 35.4 Å². The molecule has 1 amide bonds. The zero-order valence-corrected chi connectivity index (χ0v) is 8.18. The van der Waals surface area contributed by atoms with Gasteiger partial charge in [-0.2, -0.15) is 10.4 Å². The Morgan fingerprint density at radius 1 is 1.47 bits per heavy atom. The topological polar surface area (TPSA) is 65.2 Å². The molecule has 1 aromatic carbocycles. The number of carbonyl (C=O) groups excluding carboxylic acids is 1. The number of benzene rings is 1. The number of hydrogen-bond donors (Lipinski definition) is 1. The van der Waals surface area contributed by atoms with Crippen LogP contribution in [0.25, 0.3) is 0 Å². The summed E-state index contributed by atoms with van der Waals surface area (Å²) in [5.74, 6) is -0.387. The van der Waals surface area contributed by atoms with Crippen molar-refractivity contribution in [3.8, 4) is 6.07 Å². The molecule has 15 heavy (non-hydrogen) atoms. The van der Waals surface area contributed by atoms with Crippen molar-refractivity contribution in [1.29, 1.82) is 5.26 Å². The third kappa shape index (κ3) is 4.58. The first-order valence-corrected chi connectivity index (χ1v) is 4.54. The average Bonchev–Trinajstić information content (AvgIpc) is 2.26. The van der Waals surface area contributed by atoms with Crippen LogP contribution >= 0.6 is 0 Å². The number of rotatable bonds is 4. The van der Waals surface area contributed by atoms with Gasteiger partial charge < -0.3 is 0 Å². The molecule has 0 heterocycles. The summed E-state index contributed by atoms with van der Waals surface area (Å²) in [6.07, 6.45) is 2.10. The Kier molecular flexibility index (Phi) is 4.61. The highest BCUT2D eigenvalue weighted by Gasteiger charge is 1.94.